The molecule has 1 heterocycles. The molecule has 4 rings (SSSR count). The molecule has 1 aliphatic carbocycles. The van der Waals surface area contributed by atoms with Crippen molar-refractivity contribution in [2.75, 3.05) is 20.8 Å². The number of carbonyl (C=O) groups excluding carboxylic acids is 1. The van der Waals surface area contributed by atoms with Crippen LogP contribution in [0.2, 0.25) is 0 Å². The summed E-state index contributed by atoms with van der Waals surface area (Å²) in [7, 11) is 3.11. The largest absolute Gasteiger partial charge is 0.493 e. The minimum Gasteiger partial charge on any atom is -0.493 e. The Kier molecular flexibility index (Phi) is 7.52. The third kappa shape index (κ3) is 5.89. The molecule has 0 bridgehead atoms. The maximum atomic E-state index is 13.3. The Bertz CT molecular complexity index is 1080. The highest BCUT2D eigenvalue weighted by Crippen LogP contribution is 2.32. The molecular formula is C26H29F3N2O4. The second kappa shape index (κ2) is 10.6. The molecule has 2 aliphatic rings. The Morgan fingerprint density at radius 2 is 1.83 bits per heavy atom. The topological polar surface area (TPSA) is 60.4 Å². The maximum absolute atomic E-state index is 13.3. The molecule has 0 aromatic heterocycles. The van der Waals surface area contributed by atoms with Crippen molar-refractivity contribution in [2.24, 2.45) is 11.1 Å². The molecule has 0 N–H and O–H groups in total. The second-order valence-corrected chi connectivity index (χ2v) is 8.94. The van der Waals surface area contributed by atoms with Crippen molar-refractivity contribution >= 4 is 11.6 Å². The molecule has 2 aromatic carbocycles. The smallest absolute Gasteiger partial charge is 0.416 e. The number of oxime groups is 1. The highest BCUT2D eigenvalue weighted by Gasteiger charge is 2.33. The van der Waals surface area contributed by atoms with Crippen molar-refractivity contribution in [3.05, 3.63) is 59.2 Å². The van der Waals surface area contributed by atoms with Gasteiger partial charge in [0.25, 0.3) is 0 Å². The van der Waals surface area contributed by atoms with Gasteiger partial charge in [0.2, 0.25) is 5.91 Å². The van der Waals surface area contributed by atoms with E-state index in [4.69, 9.17) is 14.3 Å². The SMILES string of the molecule is COc1ccc(C2=NOC(CN(Cc3cccc(C(F)(F)F)c3)C(=O)C3CCCC3)C2)cc1OC. The molecule has 1 aliphatic heterocycles. The predicted molar refractivity (Wildman–Crippen MR) is 124 cm³/mol. The quantitative estimate of drug-likeness (QED) is 0.495. The summed E-state index contributed by atoms with van der Waals surface area (Å²) in [6, 6.07) is 10.6. The first-order chi connectivity index (χ1) is 16.8. The first-order valence-electron chi connectivity index (χ1n) is 11.7. The van der Waals surface area contributed by atoms with Gasteiger partial charge in [0.05, 0.1) is 32.0 Å². The number of ether oxygens (including phenoxy) is 2. The van der Waals surface area contributed by atoms with Crippen molar-refractivity contribution in [3.63, 3.8) is 0 Å². The van der Waals surface area contributed by atoms with Crippen LogP contribution in [0, 0.1) is 5.92 Å². The molecule has 1 fully saturated rings. The van der Waals surface area contributed by atoms with Gasteiger partial charge < -0.3 is 19.2 Å². The van der Waals surface area contributed by atoms with E-state index in [2.05, 4.69) is 5.16 Å². The van der Waals surface area contributed by atoms with Crippen LogP contribution in [0.3, 0.4) is 0 Å². The summed E-state index contributed by atoms with van der Waals surface area (Å²) in [5, 5.41) is 4.22. The van der Waals surface area contributed by atoms with Crippen LogP contribution in [-0.2, 0) is 22.4 Å². The van der Waals surface area contributed by atoms with E-state index in [9.17, 15) is 18.0 Å². The number of nitrogens with zero attached hydrogens (tertiary/aromatic N) is 2. The van der Waals surface area contributed by atoms with Crippen LogP contribution in [0.5, 0.6) is 11.5 Å². The van der Waals surface area contributed by atoms with E-state index in [-0.39, 0.29) is 24.9 Å². The van der Waals surface area contributed by atoms with Crippen molar-refractivity contribution in [1.29, 1.82) is 0 Å². The summed E-state index contributed by atoms with van der Waals surface area (Å²) in [6.07, 6.45) is -0.789. The van der Waals surface area contributed by atoms with Crippen molar-refractivity contribution < 1.29 is 32.3 Å². The van der Waals surface area contributed by atoms with Crippen molar-refractivity contribution in [1.82, 2.24) is 4.90 Å². The lowest BCUT2D eigenvalue weighted by Crippen LogP contribution is -2.40. The third-order valence-electron chi connectivity index (χ3n) is 6.52. The number of alkyl halides is 3. The molecule has 6 nitrogen and oxygen atoms in total. The highest BCUT2D eigenvalue weighted by atomic mass is 19.4. The summed E-state index contributed by atoms with van der Waals surface area (Å²) >= 11 is 0. The number of carbonyl (C=O) groups is 1. The average Bonchev–Trinajstić information content (AvgIpc) is 3.55. The molecule has 0 radical (unpaired) electrons. The Labute approximate surface area is 202 Å². The Morgan fingerprint density at radius 1 is 1.09 bits per heavy atom. The normalized spacial score (nSPS) is 18.2. The third-order valence-corrected chi connectivity index (χ3v) is 6.52. The van der Waals surface area contributed by atoms with Gasteiger partial charge >= 0.3 is 6.18 Å². The van der Waals surface area contributed by atoms with Crippen molar-refractivity contribution in [3.8, 4) is 11.5 Å². The lowest BCUT2D eigenvalue weighted by atomic mass is 10.0. The molecule has 0 spiro atoms. The van der Waals surface area contributed by atoms with Gasteiger partial charge in [0, 0.05) is 24.4 Å². The number of amides is 1. The summed E-state index contributed by atoms with van der Waals surface area (Å²) in [6.45, 7) is 0.330. The summed E-state index contributed by atoms with van der Waals surface area (Å²) in [4.78, 5) is 20.6. The average molecular weight is 491 g/mol. The van der Waals surface area contributed by atoms with Gasteiger partial charge in [0.15, 0.2) is 17.6 Å². The van der Waals surface area contributed by atoms with Gasteiger partial charge in [-0.3, -0.25) is 4.79 Å². The van der Waals surface area contributed by atoms with Crippen LogP contribution in [0.4, 0.5) is 13.2 Å². The fourth-order valence-electron chi connectivity index (χ4n) is 4.69. The Morgan fingerprint density at radius 3 is 2.51 bits per heavy atom. The molecular weight excluding hydrogens is 461 g/mol. The molecule has 0 saturated heterocycles. The van der Waals surface area contributed by atoms with E-state index in [1.165, 1.54) is 6.07 Å². The van der Waals surface area contributed by atoms with Gasteiger partial charge in [-0.2, -0.15) is 13.2 Å². The van der Waals surface area contributed by atoms with Gasteiger partial charge in [-0.05, 0) is 48.7 Å². The van der Waals surface area contributed by atoms with Crippen LogP contribution in [-0.4, -0.2) is 43.4 Å². The lowest BCUT2D eigenvalue weighted by Gasteiger charge is -2.28. The van der Waals surface area contributed by atoms with Crippen LogP contribution >= 0.6 is 0 Å². The summed E-state index contributed by atoms with van der Waals surface area (Å²) in [5.74, 6) is 1.02. The zero-order valence-electron chi connectivity index (χ0n) is 19.8. The number of benzene rings is 2. The molecule has 1 atom stereocenters. The van der Waals surface area contributed by atoms with E-state index in [1.54, 1.807) is 31.3 Å². The molecule has 1 amide bonds. The number of halogens is 3. The standard InChI is InChI=1S/C26H29F3N2O4/c1-33-23-11-10-19(13-24(23)34-2)22-14-21(35-30-22)16-31(25(32)18-7-3-4-8-18)15-17-6-5-9-20(12-17)26(27,28)29/h5-6,9-13,18,21H,3-4,7-8,14-16H2,1-2H3. The molecule has 1 unspecified atom stereocenters. The fourth-order valence-corrected chi connectivity index (χ4v) is 4.69. The van der Waals surface area contributed by atoms with Crippen LogP contribution in [0.25, 0.3) is 0 Å². The highest BCUT2D eigenvalue weighted by molar-refractivity contribution is 6.01. The molecule has 1 saturated carbocycles. The van der Waals surface area contributed by atoms with Gasteiger partial charge in [-0.25, -0.2) is 0 Å². The Hall–Kier alpha value is -3.23. The van der Waals surface area contributed by atoms with Crippen LogP contribution in [0.1, 0.15) is 48.8 Å². The van der Waals surface area contributed by atoms with E-state index >= 15 is 0 Å². The van der Waals surface area contributed by atoms with Crippen LogP contribution < -0.4 is 9.47 Å². The lowest BCUT2D eigenvalue weighted by molar-refractivity contribution is -0.137. The zero-order chi connectivity index (χ0) is 25.0. The molecule has 9 heteroatoms. The first-order valence-corrected chi connectivity index (χ1v) is 11.7. The van der Waals surface area contributed by atoms with E-state index < -0.39 is 17.8 Å². The molecule has 35 heavy (non-hydrogen) atoms. The summed E-state index contributed by atoms with van der Waals surface area (Å²) < 4.78 is 50.3. The molecule has 188 valence electrons. The number of methoxy groups -OCH3 is 2. The maximum Gasteiger partial charge on any atom is 0.416 e. The minimum absolute atomic E-state index is 0.0388. The Balaban J connectivity index is 1.49. The number of hydrogen-bond donors (Lipinski definition) is 0. The monoisotopic (exact) mass is 490 g/mol. The summed E-state index contributed by atoms with van der Waals surface area (Å²) in [5.41, 5.74) is 1.24. The van der Waals surface area contributed by atoms with E-state index in [0.717, 1.165) is 43.4 Å². The molecule has 2 aromatic rings. The second-order valence-electron chi connectivity index (χ2n) is 8.94. The number of rotatable bonds is 8. The number of hydrogen-bond acceptors (Lipinski definition) is 5. The van der Waals surface area contributed by atoms with E-state index in [0.29, 0.717) is 29.2 Å². The van der Waals surface area contributed by atoms with Crippen LogP contribution in [0.15, 0.2) is 47.6 Å². The minimum atomic E-state index is -4.44. The predicted octanol–water partition coefficient (Wildman–Crippen LogP) is 5.43. The van der Waals surface area contributed by atoms with Gasteiger partial charge in [-0.15, -0.1) is 0 Å². The van der Waals surface area contributed by atoms with Gasteiger partial charge in [-0.1, -0.05) is 30.1 Å². The zero-order valence-corrected chi connectivity index (χ0v) is 19.8. The first kappa shape index (κ1) is 24.9. The van der Waals surface area contributed by atoms with Gasteiger partial charge in [0.1, 0.15) is 0 Å². The van der Waals surface area contributed by atoms with E-state index in [1.807, 2.05) is 12.1 Å². The van der Waals surface area contributed by atoms with Crippen molar-refractivity contribution in [2.45, 2.75) is 50.9 Å². The fraction of sp³-hybridized carbons (Fsp3) is 0.462.